The lowest BCUT2D eigenvalue weighted by Crippen LogP contribution is -2.49. The first-order chi connectivity index (χ1) is 10.0. The molecule has 3 fully saturated rings. The molecule has 1 heterocycles. The van der Waals surface area contributed by atoms with Crippen molar-refractivity contribution in [1.29, 1.82) is 0 Å². The van der Waals surface area contributed by atoms with Crippen LogP contribution in [0.1, 0.15) is 57.8 Å². The summed E-state index contributed by atoms with van der Waals surface area (Å²) in [6, 6.07) is 1.60. The van der Waals surface area contributed by atoms with E-state index in [-0.39, 0.29) is 0 Å². The van der Waals surface area contributed by atoms with Crippen LogP contribution < -0.4 is 5.32 Å². The molecule has 5 heteroatoms. The monoisotopic (exact) mass is 304 g/mol. The summed E-state index contributed by atoms with van der Waals surface area (Å²) < 4.78 is 38.4. The first kappa shape index (κ1) is 15.6. The Balaban J connectivity index is 1.53. The van der Waals surface area contributed by atoms with Crippen molar-refractivity contribution in [3.8, 4) is 0 Å². The summed E-state index contributed by atoms with van der Waals surface area (Å²) in [5, 5.41) is 3.58. The van der Waals surface area contributed by atoms with E-state index < -0.39 is 12.1 Å². The lowest BCUT2D eigenvalue weighted by Gasteiger charge is -2.40. The summed E-state index contributed by atoms with van der Waals surface area (Å²) in [4.78, 5) is 2.55. The second kappa shape index (κ2) is 6.45. The fourth-order valence-electron chi connectivity index (χ4n) is 4.07. The molecule has 0 amide bonds. The molecule has 21 heavy (non-hydrogen) atoms. The molecule has 0 aromatic heterocycles. The van der Waals surface area contributed by atoms with E-state index in [0.717, 1.165) is 25.9 Å². The van der Waals surface area contributed by atoms with Gasteiger partial charge >= 0.3 is 6.18 Å². The second-order valence-electron chi connectivity index (χ2n) is 7.12. The Morgan fingerprint density at radius 3 is 1.95 bits per heavy atom. The van der Waals surface area contributed by atoms with Crippen LogP contribution in [0.15, 0.2) is 0 Å². The highest BCUT2D eigenvalue weighted by molar-refractivity contribution is 4.93. The van der Waals surface area contributed by atoms with Crippen LogP contribution in [0.2, 0.25) is 0 Å². The quantitative estimate of drug-likeness (QED) is 0.851. The normalized spacial score (nSPS) is 35.1. The van der Waals surface area contributed by atoms with Gasteiger partial charge in [0.25, 0.3) is 0 Å². The van der Waals surface area contributed by atoms with E-state index in [1.807, 2.05) is 0 Å². The molecule has 3 rings (SSSR count). The Kier molecular flexibility index (Phi) is 4.79. The van der Waals surface area contributed by atoms with Gasteiger partial charge in [0.05, 0.1) is 5.92 Å². The third-order valence-corrected chi connectivity index (χ3v) is 5.49. The number of hydrogen-bond donors (Lipinski definition) is 1. The molecule has 1 atom stereocenters. The molecule has 122 valence electrons. The van der Waals surface area contributed by atoms with Crippen LogP contribution in [0.25, 0.3) is 0 Å². The highest BCUT2D eigenvalue weighted by atomic mass is 19.4. The molecule has 1 unspecified atom stereocenters. The third kappa shape index (κ3) is 4.13. The molecule has 3 aliphatic rings. The van der Waals surface area contributed by atoms with E-state index >= 15 is 0 Å². The fourth-order valence-corrected chi connectivity index (χ4v) is 4.07. The van der Waals surface area contributed by atoms with Gasteiger partial charge in [0, 0.05) is 24.7 Å². The van der Waals surface area contributed by atoms with Gasteiger partial charge in [-0.3, -0.25) is 4.90 Å². The van der Waals surface area contributed by atoms with Gasteiger partial charge in [-0.05, 0) is 57.9 Å². The summed E-state index contributed by atoms with van der Waals surface area (Å²) in [5.41, 5.74) is 0. The highest BCUT2D eigenvalue weighted by Crippen LogP contribution is 2.41. The maximum absolute atomic E-state index is 12.8. The molecule has 0 aromatic carbocycles. The van der Waals surface area contributed by atoms with Crippen molar-refractivity contribution >= 4 is 0 Å². The number of halogens is 3. The number of piperidine rings is 1. The fraction of sp³-hybridized carbons (Fsp3) is 1.00. The minimum absolute atomic E-state index is 0.329. The van der Waals surface area contributed by atoms with Crippen molar-refractivity contribution in [3.05, 3.63) is 0 Å². The molecule has 0 aromatic rings. The van der Waals surface area contributed by atoms with Crippen molar-refractivity contribution in [2.75, 3.05) is 13.1 Å². The van der Waals surface area contributed by atoms with Crippen LogP contribution in [0.3, 0.4) is 0 Å². The lowest BCUT2D eigenvalue weighted by molar-refractivity contribution is -0.184. The standard InChI is InChI=1S/C16H27F3N2/c17-16(18,19)12-4-6-14(7-5-12)21(15-8-9-15)11-13-3-1-2-10-20-13/h12-15,20H,1-11H2. The zero-order valence-corrected chi connectivity index (χ0v) is 12.7. The van der Waals surface area contributed by atoms with Crippen molar-refractivity contribution in [1.82, 2.24) is 10.2 Å². The predicted molar refractivity (Wildman–Crippen MR) is 77.2 cm³/mol. The van der Waals surface area contributed by atoms with Crippen molar-refractivity contribution < 1.29 is 13.2 Å². The van der Waals surface area contributed by atoms with Crippen LogP contribution in [-0.2, 0) is 0 Å². The SMILES string of the molecule is FC(F)(F)C1CCC(N(CC2CCCCN2)C2CC2)CC1. The molecule has 2 aliphatic carbocycles. The molecule has 1 saturated heterocycles. The Morgan fingerprint density at radius 1 is 0.857 bits per heavy atom. The molecule has 2 saturated carbocycles. The number of hydrogen-bond acceptors (Lipinski definition) is 2. The molecular weight excluding hydrogens is 277 g/mol. The largest absolute Gasteiger partial charge is 0.391 e. The van der Waals surface area contributed by atoms with Crippen LogP contribution in [-0.4, -0.2) is 42.3 Å². The summed E-state index contributed by atoms with van der Waals surface area (Å²) in [5.74, 6) is -1.05. The van der Waals surface area contributed by atoms with E-state index in [1.54, 1.807) is 0 Å². The summed E-state index contributed by atoms with van der Waals surface area (Å²) in [6.45, 7) is 2.15. The number of alkyl halides is 3. The van der Waals surface area contributed by atoms with Gasteiger partial charge in [0.15, 0.2) is 0 Å². The molecule has 0 bridgehead atoms. The highest BCUT2D eigenvalue weighted by Gasteiger charge is 2.44. The van der Waals surface area contributed by atoms with Crippen molar-refractivity contribution in [3.63, 3.8) is 0 Å². The van der Waals surface area contributed by atoms with E-state index in [2.05, 4.69) is 10.2 Å². The summed E-state index contributed by atoms with van der Waals surface area (Å²) in [6.07, 6.45) is 4.39. The minimum atomic E-state index is -3.99. The first-order valence-corrected chi connectivity index (χ1v) is 8.60. The van der Waals surface area contributed by atoms with Gasteiger partial charge in [-0.25, -0.2) is 0 Å². The van der Waals surface area contributed by atoms with Gasteiger partial charge in [-0.15, -0.1) is 0 Å². The maximum atomic E-state index is 12.8. The Labute approximate surface area is 125 Å². The van der Waals surface area contributed by atoms with Crippen molar-refractivity contribution in [2.45, 2.75) is 82.1 Å². The summed E-state index contributed by atoms with van der Waals surface area (Å²) >= 11 is 0. The van der Waals surface area contributed by atoms with Crippen LogP contribution >= 0.6 is 0 Å². The maximum Gasteiger partial charge on any atom is 0.391 e. The number of nitrogens with one attached hydrogen (secondary N) is 1. The Morgan fingerprint density at radius 2 is 1.48 bits per heavy atom. The van der Waals surface area contributed by atoms with Crippen LogP contribution in [0.5, 0.6) is 0 Å². The van der Waals surface area contributed by atoms with E-state index in [4.69, 9.17) is 0 Å². The molecule has 2 nitrogen and oxygen atoms in total. The zero-order valence-electron chi connectivity index (χ0n) is 12.7. The molecule has 1 aliphatic heterocycles. The van der Waals surface area contributed by atoms with Gasteiger partial charge in [-0.1, -0.05) is 6.42 Å². The number of nitrogens with zero attached hydrogens (tertiary/aromatic N) is 1. The Hall–Kier alpha value is -0.290. The second-order valence-corrected chi connectivity index (χ2v) is 7.12. The topological polar surface area (TPSA) is 15.3 Å². The average Bonchev–Trinajstić information content (AvgIpc) is 3.30. The van der Waals surface area contributed by atoms with Crippen molar-refractivity contribution in [2.24, 2.45) is 5.92 Å². The predicted octanol–water partition coefficient (Wildman–Crippen LogP) is 3.71. The number of rotatable bonds is 4. The smallest absolute Gasteiger partial charge is 0.313 e. The van der Waals surface area contributed by atoms with Gasteiger partial charge in [0.1, 0.15) is 0 Å². The van der Waals surface area contributed by atoms with E-state index in [9.17, 15) is 13.2 Å². The van der Waals surface area contributed by atoms with Crippen LogP contribution in [0.4, 0.5) is 13.2 Å². The first-order valence-electron chi connectivity index (χ1n) is 8.60. The molecule has 1 N–H and O–H groups in total. The van der Waals surface area contributed by atoms with Gasteiger partial charge < -0.3 is 5.32 Å². The Bertz CT molecular complexity index is 327. The average molecular weight is 304 g/mol. The summed E-state index contributed by atoms with van der Waals surface area (Å²) in [7, 11) is 0. The van der Waals surface area contributed by atoms with Gasteiger partial charge in [0.2, 0.25) is 0 Å². The van der Waals surface area contributed by atoms with Gasteiger partial charge in [-0.2, -0.15) is 13.2 Å². The van der Waals surface area contributed by atoms with E-state index in [0.29, 0.717) is 31.0 Å². The molecule has 0 radical (unpaired) electrons. The van der Waals surface area contributed by atoms with Crippen LogP contribution in [0, 0.1) is 5.92 Å². The lowest BCUT2D eigenvalue weighted by atomic mass is 9.84. The third-order valence-electron chi connectivity index (χ3n) is 5.49. The molecular formula is C16H27F3N2. The zero-order chi connectivity index (χ0) is 14.9. The van der Waals surface area contributed by atoms with E-state index in [1.165, 1.54) is 32.1 Å². The minimum Gasteiger partial charge on any atom is -0.313 e. The molecule has 0 spiro atoms.